The molecule has 0 spiro atoms. The number of hydrogen-bond donors (Lipinski definition) is 1. The molecule has 0 saturated carbocycles. The number of benzene rings is 1. The highest BCUT2D eigenvalue weighted by Crippen LogP contribution is 2.36. The van der Waals surface area contributed by atoms with Crippen LogP contribution >= 0.6 is 0 Å². The first-order valence-corrected chi connectivity index (χ1v) is 5.42. The zero-order chi connectivity index (χ0) is 14.6. The lowest BCUT2D eigenvalue weighted by Gasteiger charge is -2.12. The van der Waals surface area contributed by atoms with Crippen LogP contribution in [0.2, 0.25) is 0 Å². The summed E-state index contributed by atoms with van der Waals surface area (Å²) in [5, 5.41) is 20.0. The first-order chi connectivity index (χ1) is 8.75. The fraction of sp³-hybridized carbons (Fsp3) is 0.455. The first-order valence-electron chi connectivity index (χ1n) is 5.42. The number of nitro groups is 1. The normalized spacial score (nSPS) is 13.1. The maximum atomic E-state index is 12.4. The highest BCUT2D eigenvalue weighted by molar-refractivity contribution is 5.49. The molecule has 1 aromatic rings. The van der Waals surface area contributed by atoms with Gasteiger partial charge in [-0.2, -0.15) is 13.2 Å². The molecule has 5 nitrogen and oxygen atoms in total. The van der Waals surface area contributed by atoms with E-state index in [0.717, 1.165) is 6.07 Å². The van der Waals surface area contributed by atoms with Crippen molar-refractivity contribution < 1.29 is 27.9 Å². The van der Waals surface area contributed by atoms with E-state index in [0.29, 0.717) is 18.6 Å². The molecule has 8 heteroatoms. The molecule has 1 atom stereocenters. The number of rotatable bonds is 5. The van der Waals surface area contributed by atoms with Crippen molar-refractivity contribution in [2.75, 3.05) is 6.61 Å². The van der Waals surface area contributed by atoms with E-state index in [4.69, 9.17) is 4.74 Å². The van der Waals surface area contributed by atoms with Gasteiger partial charge in [0.15, 0.2) is 5.75 Å². The number of aliphatic hydroxyl groups excluding tert-OH is 1. The topological polar surface area (TPSA) is 72.6 Å². The van der Waals surface area contributed by atoms with Crippen molar-refractivity contribution >= 4 is 5.69 Å². The predicted octanol–water partition coefficient (Wildman–Crippen LogP) is 2.76. The molecule has 0 fully saturated rings. The van der Waals surface area contributed by atoms with E-state index in [1.165, 1.54) is 0 Å². The van der Waals surface area contributed by atoms with Crippen molar-refractivity contribution in [3.63, 3.8) is 0 Å². The Hall–Kier alpha value is -1.83. The van der Waals surface area contributed by atoms with E-state index < -0.39 is 28.5 Å². The van der Waals surface area contributed by atoms with Gasteiger partial charge in [-0.25, -0.2) is 0 Å². The summed E-state index contributed by atoms with van der Waals surface area (Å²) in [5.41, 5.74) is -1.90. The highest BCUT2D eigenvalue weighted by atomic mass is 19.4. The van der Waals surface area contributed by atoms with Crippen LogP contribution in [0.5, 0.6) is 5.75 Å². The summed E-state index contributed by atoms with van der Waals surface area (Å²) in [6, 6.07) is 1.98. The van der Waals surface area contributed by atoms with Crippen molar-refractivity contribution in [3.8, 4) is 5.75 Å². The van der Waals surface area contributed by atoms with Crippen LogP contribution in [0.25, 0.3) is 0 Å². The zero-order valence-corrected chi connectivity index (χ0v) is 9.98. The van der Waals surface area contributed by atoms with Gasteiger partial charge >= 0.3 is 11.9 Å². The molecule has 0 saturated heterocycles. The molecule has 0 aromatic heterocycles. The van der Waals surface area contributed by atoms with Crippen molar-refractivity contribution in [1.29, 1.82) is 0 Å². The second kappa shape index (κ2) is 5.87. The average Bonchev–Trinajstić information content (AvgIpc) is 2.34. The third kappa shape index (κ3) is 4.09. The van der Waals surface area contributed by atoms with Crippen LogP contribution < -0.4 is 4.74 Å². The number of ether oxygens (including phenoxy) is 1. The molecule has 106 valence electrons. The van der Waals surface area contributed by atoms with Gasteiger partial charge in [-0.1, -0.05) is 6.92 Å². The highest BCUT2D eigenvalue weighted by Gasteiger charge is 2.33. The first kappa shape index (κ1) is 15.2. The summed E-state index contributed by atoms with van der Waals surface area (Å²) in [6.07, 6.45) is -5.12. The van der Waals surface area contributed by atoms with Crippen LogP contribution in [-0.2, 0) is 6.18 Å². The van der Waals surface area contributed by atoms with Gasteiger partial charge in [0.25, 0.3) is 0 Å². The van der Waals surface area contributed by atoms with Crippen molar-refractivity contribution in [3.05, 3.63) is 33.9 Å². The van der Waals surface area contributed by atoms with Crippen LogP contribution in [-0.4, -0.2) is 22.7 Å². The summed E-state index contributed by atoms with van der Waals surface area (Å²) in [4.78, 5) is 9.76. The number of aliphatic hydroxyl groups is 1. The molecular formula is C11H12F3NO4. The van der Waals surface area contributed by atoms with E-state index in [1.54, 1.807) is 6.92 Å². The number of halogens is 3. The quantitative estimate of drug-likeness (QED) is 0.664. The Morgan fingerprint density at radius 3 is 2.58 bits per heavy atom. The lowest BCUT2D eigenvalue weighted by molar-refractivity contribution is -0.386. The number of nitro benzene ring substituents is 1. The molecule has 1 rings (SSSR count). The second-order valence-electron chi connectivity index (χ2n) is 3.81. The summed E-state index contributed by atoms with van der Waals surface area (Å²) in [5.74, 6) is -0.300. The molecule has 19 heavy (non-hydrogen) atoms. The van der Waals surface area contributed by atoms with Crippen LogP contribution in [0.15, 0.2) is 18.2 Å². The molecule has 1 N–H and O–H groups in total. The average molecular weight is 279 g/mol. The molecular weight excluding hydrogens is 267 g/mol. The zero-order valence-electron chi connectivity index (χ0n) is 9.98. The Morgan fingerprint density at radius 1 is 1.47 bits per heavy atom. The van der Waals surface area contributed by atoms with Gasteiger partial charge in [-0.3, -0.25) is 10.1 Å². The molecule has 0 amide bonds. The molecule has 1 aromatic carbocycles. The molecule has 0 heterocycles. The molecule has 0 aliphatic heterocycles. The molecule has 1 unspecified atom stereocenters. The second-order valence-corrected chi connectivity index (χ2v) is 3.81. The summed E-state index contributed by atoms with van der Waals surface area (Å²) < 4.78 is 42.2. The smallest absolute Gasteiger partial charge is 0.416 e. The summed E-state index contributed by atoms with van der Waals surface area (Å²) in [7, 11) is 0. The molecule has 0 aliphatic rings. The number of hydrogen-bond acceptors (Lipinski definition) is 4. The maximum absolute atomic E-state index is 12.4. The Labute approximate surface area is 106 Å². The Bertz CT molecular complexity index is 462. The van der Waals surface area contributed by atoms with Crippen molar-refractivity contribution in [2.24, 2.45) is 0 Å². The standard InChI is InChI=1S/C11H12F3NO4/c1-2-8(16)6-19-10-4-3-7(11(12,13)14)5-9(10)15(17)18/h3-5,8,16H,2,6H2,1H3. The Kier molecular flexibility index (Phi) is 4.71. The van der Waals surface area contributed by atoms with Crippen LogP contribution in [0.4, 0.5) is 18.9 Å². The SMILES string of the molecule is CCC(O)COc1ccc(C(F)(F)F)cc1[N+](=O)[O-]. The van der Waals surface area contributed by atoms with Crippen LogP contribution in [0.3, 0.4) is 0 Å². The number of alkyl halides is 3. The molecule has 0 radical (unpaired) electrons. The van der Waals surface area contributed by atoms with E-state index in [9.17, 15) is 28.4 Å². The predicted molar refractivity (Wildman–Crippen MR) is 59.9 cm³/mol. The van der Waals surface area contributed by atoms with E-state index in [-0.39, 0.29) is 12.4 Å². The van der Waals surface area contributed by atoms with Gasteiger partial charge in [0, 0.05) is 6.07 Å². The minimum Gasteiger partial charge on any atom is -0.484 e. The molecule has 0 bridgehead atoms. The minimum atomic E-state index is -4.66. The van der Waals surface area contributed by atoms with Gasteiger partial charge in [0.05, 0.1) is 16.6 Å². The van der Waals surface area contributed by atoms with Crippen LogP contribution in [0.1, 0.15) is 18.9 Å². The van der Waals surface area contributed by atoms with Gasteiger partial charge in [-0.05, 0) is 18.6 Å². The van der Waals surface area contributed by atoms with E-state index >= 15 is 0 Å². The Balaban J connectivity index is 3.02. The van der Waals surface area contributed by atoms with Gasteiger partial charge in [0.2, 0.25) is 0 Å². The van der Waals surface area contributed by atoms with Gasteiger partial charge < -0.3 is 9.84 Å². The number of nitrogens with zero attached hydrogens (tertiary/aromatic N) is 1. The van der Waals surface area contributed by atoms with Crippen molar-refractivity contribution in [2.45, 2.75) is 25.6 Å². The largest absolute Gasteiger partial charge is 0.484 e. The third-order valence-corrected chi connectivity index (χ3v) is 2.39. The Morgan fingerprint density at radius 2 is 2.11 bits per heavy atom. The third-order valence-electron chi connectivity index (χ3n) is 2.39. The molecule has 0 aliphatic carbocycles. The fourth-order valence-corrected chi connectivity index (χ4v) is 1.26. The minimum absolute atomic E-state index is 0.220. The van der Waals surface area contributed by atoms with E-state index in [2.05, 4.69) is 0 Å². The fourth-order valence-electron chi connectivity index (χ4n) is 1.26. The van der Waals surface area contributed by atoms with E-state index in [1.807, 2.05) is 0 Å². The maximum Gasteiger partial charge on any atom is 0.416 e. The monoisotopic (exact) mass is 279 g/mol. The lowest BCUT2D eigenvalue weighted by Crippen LogP contribution is -2.16. The van der Waals surface area contributed by atoms with Crippen LogP contribution in [0, 0.1) is 10.1 Å². The van der Waals surface area contributed by atoms with Gasteiger partial charge in [0.1, 0.15) is 6.61 Å². The lowest BCUT2D eigenvalue weighted by atomic mass is 10.2. The summed E-state index contributed by atoms with van der Waals surface area (Å²) in [6.45, 7) is 1.46. The van der Waals surface area contributed by atoms with Gasteiger partial charge in [-0.15, -0.1) is 0 Å². The summed E-state index contributed by atoms with van der Waals surface area (Å²) >= 11 is 0. The van der Waals surface area contributed by atoms with Crippen molar-refractivity contribution in [1.82, 2.24) is 0 Å².